The molecule has 0 aromatic heterocycles. The van der Waals surface area contributed by atoms with E-state index in [4.69, 9.17) is 0 Å². The van der Waals surface area contributed by atoms with Crippen molar-refractivity contribution in [2.75, 3.05) is 26.7 Å². The molecule has 1 aromatic carbocycles. The molecule has 0 atom stereocenters. The van der Waals surface area contributed by atoms with Crippen LogP contribution in [0.1, 0.15) is 24.8 Å². The normalized spacial score (nSPS) is 16.9. The second-order valence-electron chi connectivity index (χ2n) is 5.43. The number of aromatic hydroxyl groups is 1. The number of piperidine rings is 1. The van der Waals surface area contributed by atoms with Crippen LogP contribution in [0.2, 0.25) is 0 Å². The summed E-state index contributed by atoms with van der Waals surface area (Å²) < 4.78 is 13.2. The molecule has 5 heteroatoms. The topological polar surface area (TPSA) is 35.5 Å². The summed E-state index contributed by atoms with van der Waals surface area (Å²) >= 11 is 0. The van der Waals surface area contributed by atoms with Crippen molar-refractivity contribution in [3.63, 3.8) is 0 Å². The zero-order valence-electron chi connectivity index (χ0n) is 11.9. The first-order chi connectivity index (χ1) is 9.17. The van der Waals surface area contributed by atoms with Crippen LogP contribution >= 0.6 is 12.4 Å². The van der Waals surface area contributed by atoms with E-state index in [2.05, 4.69) is 10.2 Å². The number of phenols is 1. The average molecular weight is 303 g/mol. The van der Waals surface area contributed by atoms with Crippen molar-refractivity contribution >= 4 is 12.4 Å². The molecule has 1 aromatic rings. The van der Waals surface area contributed by atoms with Crippen LogP contribution in [0.4, 0.5) is 4.39 Å². The number of hydrogen-bond donors (Lipinski definition) is 2. The summed E-state index contributed by atoms with van der Waals surface area (Å²) in [5.41, 5.74) is 0.853. The molecular formula is C15H24ClFN2O. The van der Waals surface area contributed by atoms with Crippen molar-refractivity contribution in [3.05, 3.63) is 29.6 Å². The van der Waals surface area contributed by atoms with E-state index in [9.17, 15) is 9.50 Å². The van der Waals surface area contributed by atoms with Gasteiger partial charge in [-0.15, -0.1) is 12.4 Å². The molecule has 1 saturated heterocycles. The first-order valence-electron chi connectivity index (χ1n) is 7.03. The fourth-order valence-corrected chi connectivity index (χ4v) is 2.76. The molecule has 2 N–H and O–H groups in total. The molecule has 1 heterocycles. The Labute approximate surface area is 126 Å². The molecule has 114 valence electrons. The second-order valence-corrected chi connectivity index (χ2v) is 5.43. The van der Waals surface area contributed by atoms with Gasteiger partial charge in [-0.05, 0) is 69.6 Å². The molecule has 0 spiro atoms. The molecular weight excluding hydrogens is 279 g/mol. The number of nitrogens with zero attached hydrogens (tertiary/aromatic N) is 1. The van der Waals surface area contributed by atoms with E-state index < -0.39 is 0 Å². The fraction of sp³-hybridized carbons (Fsp3) is 0.600. The molecule has 1 aliphatic rings. The third-order valence-corrected chi connectivity index (χ3v) is 3.86. The Morgan fingerprint density at radius 3 is 2.60 bits per heavy atom. The number of benzene rings is 1. The van der Waals surface area contributed by atoms with Crippen LogP contribution in [0.3, 0.4) is 0 Å². The van der Waals surface area contributed by atoms with Crippen molar-refractivity contribution in [1.29, 1.82) is 0 Å². The van der Waals surface area contributed by atoms with E-state index in [-0.39, 0.29) is 24.0 Å². The Balaban J connectivity index is 0.00000200. The summed E-state index contributed by atoms with van der Waals surface area (Å²) in [4.78, 5) is 2.34. The Bertz CT molecular complexity index is 389. The molecule has 20 heavy (non-hydrogen) atoms. The summed E-state index contributed by atoms with van der Waals surface area (Å²) in [6.45, 7) is 3.93. The summed E-state index contributed by atoms with van der Waals surface area (Å²) in [6.07, 6.45) is 3.66. The maximum Gasteiger partial charge on any atom is 0.127 e. The quantitative estimate of drug-likeness (QED) is 0.878. The average Bonchev–Trinajstić information content (AvgIpc) is 2.37. The molecule has 1 fully saturated rings. The lowest BCUT2D eigenvalue weighted by molar-refractivity contribution is 0.172. The van der Waals surface area contributed by atoms with Gasteiger partial charge in [0.25, 0.3) is 0 Å². The highest BCUT2D eigenvalue weighted by Gasteiger charge is 2.18. The van der Waals surface area contributed by atoms with Gasteiger partial charge in [-0.1, -0.05) is 0 Å². The number of hydrogen-bond acceptors (Lipinski definition) is 3. The van der Waals surface area contributed by atoms with E-state index >= 15 is 0 Å². The van der Waals surface area contributed by atoms with E-state index in [0.717, 1.165) is 43.7 Å². The number of likely N-dealkylation sites (tertiary alicyclic amines) is 1. The van der Waals surface area contributed by atoms with Crippen molar-refractivity contribution in [2.24, 2.45) is 5.92 Å². The standard InChI is InChI=1S/C15H23FN2O.ClH/c1-17-5-2-12-3-6-18(7-4-12)11-13-8-14(16)10-15(19)9-13;/h8-10,12,17,19H,2-7,11H2,1H3;1H. The monoisotopic (exact) mass is 302 g/mol. The van der Waals surface area contributed by atoms with E-state index in [1.165, 1.54) is 25.3 Å². The van der Waals surface area contributed by atoms with Crippen LogP contribution in [0.25, 0.3) is 0 Å². The third kappa shape index (κ3) is 5.27. The van der Waals surface area contributed by atoms with Crippen molar-refractivity contribution < 1.29 is 9.50 Å². The van der Waals surface area contributed by atoms with Crippen LogP contribution in [-0.2, 0) is 6.54 Å². The smallest absolute Gasteiger partial charge is 0.127 e. The number of phenolic OH excluding ortho intramolecular Hbond substituents is 1. The summed E-state index contributed by atoms with van der Waals surface area (Å²) in [6, 6.07) is 4.30. The highest BCUT2D eigenvalue weighted by molar-refractivity contribution is 5.85. The predicted octanol–water partition coefficient (Wildman–Crippen LogP) is 2.77. The Hall–Kier alpha value is -0.840. The molecule has 0 amide bonds. The van der Waals surface area contributed by atoms with Gasteiger partial charge in [-0.3, -0.25) is 4.90 Å². The lowest BCUT2D eigenvalue weighted by atomic mass is 9.93. The van der Waals surface area contributed by atoms with Gasteiger partial charge in [0, 0.05) is 12.6 Å². The lowest BCUT2D eigenvalue weighted by Gasteiger charge is -2.32. The molecule has 0 unspecified atom stereocenters. The lowest BCUT2D eigenvalue weighted by Crippen LogP contribution is -2.34. The predicted molar refractivity (Wildman–Crippen MR) is 81.9 cm³/mol. The van der Waals surface area contributed by atoms with E-state index in [1.54, 1.807) is 6.07 Å². The van der Waals surface area contributed by atoms with Gasteiger partial charge in [0.05, 0.1) is 0 Å². The molecule has 0 saturated carbocycles. The minimum Gasteiger partial charge on any atom is -0.508 e. The summed E-state index contributed by atoms with van der Waals surface area (Å²) in [7, 11) is 1.99. The van der Waals surface area contributed by atoms with Crippen LogP contribution in [-0.4, -0.2) is 36.7 Å². The van der Waals surface area contributed by atoms with Crippen molar-refractivity contribution in [1.82, 2.24) is 10.2 Å². The maximum absolute atomic E-state index is 13.2. The SMILES string of the molecule is CNCCC1CCN(Cc2cc(O)cc(F)c2)CC1.Cl. The third-order valence-electron chi connectivity index (χ3n) is 3.86. The molecule has 1 aliphatic heterocycles. The van der Waals surface area contributed by atoms with Gasteiger partial charge in [0.15, 0.2) is 0 Å². The summed E-state index contributed by atoms with van der Waals surface area (Å²) in [5.74, 6) is 0.461. The first kappa shape index (κ1) is 17.2. The Kier molecular flexibility index (Phi) is 7.27. The van der Waals surface area contributed by atoms with Crippen LogP contribution < -0.4 is 5.32 Å². The minimum atomic E-state index is -0.362. The number of rotatable bonds is 5. The molecule has 0 aliphatic carbocycles. The zero-order valence-corrected chi connectivity index (χ0v) is 12.8. The number of halogens is 2. The van der Waals surface area contributed by atoms with Gasteiger partial charge in [0.1, 0.15) is 11.6 Å². The highest BCUT2D eigenvalue weighted by Crippen LogP contribution is 2.22. The van der Waals surface area contributed by atoms with Crippen LogP contribution in [0, 0.1) is 11.7 Å². The first-order valence-corrected chi connectivity index (χ1v) is 7.03. The molecule has 2 rings (SSSR count). The second kappa shape index (κ2) is 8.45. The van der Waals surface area contributed by atoms with Gasteiger partial charge in [-0.2, -0.15) is 0 Å². The van der Waals surface area contributed by atoms with Gasteiger partial charge >= 0.3 is 0 Å². The summed E-state index contributed by atoms with van der Waals surface area (Å²) in [5, 5.41) is 12.6. The largest absolute Gasteiger partial charge is 0.508 e. The number of nitrogens with one attached hydrogen (secondary N) is 1. The fourth-order valence-electron chi connectivity index (χ4n) is 2.76. The van der Waals surface area contributed by atoms with Crippen LogP contribution in [0.15, 0.2) is 18.2 Å². The Morgan fingerprint density at radius 2 is 2.00 bits per heavy atom. The van der Waals surface area contributed by atoms with Gasteiger partial charge in [0.2, 0.25) is 0 Å². The maximum atomic E-state index is 13.2. The minimum absolute atomic E-state index is 0. The molecule has 3 nitrogen and oxygen atoms in total. The van der Waals surface area contributed by atoms with Crippen molar-refractivity contribution in [3.8, 4) is 5.75 Å². The zero-order chi connectivity index (χ0) is 13.7. The van der Waals surface area contributed by atoms with Crippen molar-refractivity contribution in [2.45, 2.75) is 25.8 Å². The van der Waals surface area contributed by atoms with E-state index in [1.807, 2.05) is 7.05 Å². The van der Waals surface area contributed by atoms with E-state index in [0.29, 0.717) is 0 Å². The molecule has 0 radical (unpaired) electrons. The Morgan fingerprint density at radius 1 is 1.30 bits per heavy atom. The van der Waals surface area contributed by atoms with Crippen LogP contribution in [0.5, 0.6) is 5.75 Å². The highest BCUT2D eigenvalue weighted by atomic mass is 35.5. The van der Waals surface area contributed by atoms with Gasteiger partial charge in [-0.25, -0.2) is 4.39 Å². The van der Waals surface area contributed by atoms with Gasteiger partial charge < -0.3 is 10.4 Å². The molecule has 0 bridgehead atoms.